The fraction of sp³-hybridized carbons (Fsp3) is 0.235. The van der Waals surface area contributed by atoms with Crippen LogP contribution in [0.1, 0.15) is 23.7 Å². The van der Waals surface area contributed by atoms with Gasteiger partial charge in [-0.05, 0) is 31.2 Å². The Hall–Kier alpha value is -2.54. The minimum absolute atomic E-state index is 0.0597. The predicted octanol–water partition coefficient (Wildman–Crippen LogP) is 2.28. The first-order chi connectivity index (χ1) is 11.4. The Morgan fingerprint density at radius 1 is 1.08 bits per heavy atom. The molecule has 124 valence electrons. The third kappa shape index (κ3) is 2.08. The smallest absolute Gasteiger partial charge is 0.310 e. The number of phenols is 1. The number of hydrogen-bond donors (Lipinski definition) is 1. The number of carbonyl (C=O) groups excluding carboxylic acids is 1. The number of phenolic OH excluding ortho intramolecular Hbond substituents is 1. The summed E-state index contributed by atoms with van der Waals surface area (Å²) in [4.78, 5) is 11.3. The average Bonchev–Trinajstić information content (AvgIpc) is 3.03. The van der Waals surface area contributed by atoms with Crippen molar-refractivity contribution >= 4 is 15.8 Å². The van der Waals surface area contributed by atoms with Gasteiger partial charge in [0.15, 0.2) is 12.2 Å². The first-order valence-corrected chi connectivity index (χ1v) is 8.90. The van der Waals surface area contributed by atoms with Crippen molar-refractivity contribution in [1.82, 2.24) is 0 Å². The SMILES string of the molecule is Cc1ccc(S(=O)(=O)c2c(O)ccc3c2[C@H]2OC(=O)C[C@H]2O3)cc1. The van der Waals surface area contributed by atoms with E-state index in [2.05, 4.69) is 0 Å². The molecule has 1 fully saturated rings. The molecular formula is C17H14O6S. The summed E-state index contributed by atoms with van der Waals surface area (Å²) in [5, 5.41) is 10.2. The maximum absolute atomic E-state index is 13.0. The molecule has 0 aliphatic carbocycles. The molecule has 0 bridgehead atoms. The van der Waals surface area contributed by atoms with Crippen LogP contribution in [0.4, 0.5) is 0 Å². The largest absolute Gasteiger partial charge is 0.507 e. The van der Waals surface area contributed by atoms with E-state index in [1.54, 1.807) is 12.1 Å². The van der Waals surface area contributed by atoms with E-state index in [1.807, 2.05) is 6.92 Å². The van der Waals surface area contributed by atoms with E-state index in [4.69, 9.17) is 9.47 Å². The fourth-order valence-electron chi connectivity index (χ4n) is 3.11. The molecule has 0 spiro atoms. The highest BCUT2D eigenvalue weighted by molar-refractivity contribution is 7.91. The molecule has 4 rings (SSSR count). The van der Waals surface area contributed by atoms with Crippen molar-refractivity contribution in [2.45, 2.75) is 35.3 Å². The molecule has 6 nitrogen and oxygen atoms in total. The number of fused-ring (bicyclic) bond motifs is 3. The first-order valence-electron chi connectivity index (χ1n) is 7.41. The Morgan fingerprint density at radius 3 is 2.50 bits per heavy atom. The topological polar surface area (TPSA) is 89.9 Å². The zero-order valence-corrected chi connectivity index (χ0v) is 13.5. The van der Waals surface area contributed by atoms with Gasteiger partial charge in [0.1, 0.15) is 16.4 Å². The molecule has 2 heterocycles. The van der Waals surface area contributed by atoms with Crippen LogP contribution in [0.2, 0.25) is 0 Å². The van der Waals surface area contributed by atoms with Gasteiger partial charge in [-0.3, -0.25) is 4.79 Å². The zero-order valence-electron chi connectivity index (χ0n) is 12.7. The van der Waals surface area contributed by atoms with Crippen LogP contribution in [0.15, 0.2) is 46.2 Å². The van der Waals surface area contributed by atoms with Gasteiger partial charge >= 0.3 is 5.97 Å². The highest BCUT2D eigenvalue weighted by Crippen LogP contribution is 2.50. The molecule has 0 aromatic heterocycles. The number of esters is 1. The van der Waals surface area contributed by atoms with E-state index in [-0.39, 0.29) is 27.5 Å². The molecule has 24 heavy (non-hydrogen) atoms. The summed E-state index contributed by atoms with van der Waals surface area (Å²) < 4.78 is 36.9. The quantitative estimate of drug-likeness (QED) is 0.839. The number of rotatable bonds is 2. The molecule has 2 atom stereocenters. The number of ether oxygens (including phenoxy) is 2. The van der Waals surface area contributed by atoms with Gasteiger partial charge in [0, 0.05) is 0 Å². The second-order valence-corrected chi connectivity index (χ2v) is 7.80. The van der Waals surface area contributed by atoms with Gasteiger partial charge in [-0.15, -0.1) is 0 Å². The van der Waals surface area contributed by atoms with Crippen LogP contribution in [0.5, 0.6) is 11.5 Å². The van der Waals surface area contributed by atoms with E-state index >= 15 is 0 Å². The van der Waals surface area contributed by atoms with Gasteiger partial charge in [-0.25, -0.2) is 8.42 Å². The lowest BCUT2D eigenvalue weighted by molar-refractivity contribution is -0.141. The molecule has 1 N–H and O–H groups in total. The van der Waals surface area contributed by atoms with Crippen molar-refractivity contribution < 1.29 is 27.8 Å². The molecule has 2 aliphatic rings. The number of sulfone groups is 1. The fourth-order valence-corrected chi connectivity index (χ4v) is 4.69. The maximum Gasteiger partial charge on any atom is 0.310 e. The Labute approximate surface area is 138 Å². The minimum atomic E-state index is -3.99. The van der Waals surface area contributed by atoms with Crippen LogP contribution >= 0.6 is 0 Å². The van der Waals surface area contributed by atoms with E-state index in [0.29, 0.717) is 5.75 Å². The number of hydrogen-bond acceptors (Lipinski definition) is 6. The van der Waals surface area contributed by atoms with E-state index in [0.717, 1.165) is 5.56 Å². The van der Waals surface area contributed by atoms with Gasteiger partial charge in [0.2, 0.25) is 9.84 Å². The van der Waals surface area contributed by atoms with Gasteiger partial charge in [-0.1, -0.05) is 17.7 Å². The van der Waals surface area contributed by atoms with Crippen LogP contribution in [0, 0.1) is 6.92 Å². The van der Waals surface area contributed by atoms with Crippen LogP contribution in [0.25, 0.3) is 0 Å². The monoisotopic (exact) mass is 346 g/mol. The van der Waals surface area contributed by atoms with Crippen LogP contribution in [0.3, 0.4) is 0 Å². The molecular weight excluding hydrogens is 332 g/mol. The second-order valence-electron chi connectivity index (χ2n) is 5.91. The predicted molar refractivity (Wildman–Crippen MR) is 82.6 cm³/mol. The summed E-state index contributed by atoms with van der Waals surface area (Å²) in [6, 6.07) is 9.10. The lowest BCUT2D eigenvalue weighted by atomic mass is 10.1. The van der Waals surface area contributed by atoms with Crippen molar-refractivity contribution in [3.05, 3.63) is 47.5 Å². The molecule has 0 radical (unpaired) electrons. The van der Waals surface area contributed by atoms with E-state index < -0.39 is 28.0 Å². The molecule has 0 unspecified atom stereocenters. The van der Waals surface area contributed by atoms with Gasteiger partial charge in [0.25, 0.3) is 0 Å². The highest BCUT2D eigenvalue weighted by atomic mass is 32.2. The van der Waals surface area contributed by atoms with Crippen LogP contribution in [-0.2, 0) is 19.4 Å². The molecule has 1 saturated heterocycles. The maximum atomic E-state index is 13.0. The molecule has 7 heteroatoms. The summed E-state index contributed by atoms with van der Waals surface area (Å²) in [6.45, 7) is 1.85. The number of benzene rings is 2. The zero-order chi connectivity index (χ0) is 17.1. The van der Waals surface area contributed by atoms with E-state index in [1.165, 1.54) is 24.3 Å². The van der Waals surface area contributed by atoms with Crippen molar-refractivity contribution in [2.75, 3.05) is 0 Å². The second kappa shape index (κ2) is 4.98. The number of aryl methyl sites for hydroxylation is 1. The van der Waals surface area contributed by atoms with Crippen molar-refractivity contribution in [2.24, 2.45) is 0 Å². The third-order valence-electron chi connectivity index (χ3n) is 4.26. The Bertz CT molecular complexity index is 946. The van der Waals surface area contributed by atoms with Gasteiger partial charge in [-0.2, -0.15) is 0 Å². The summed E-state index contributed by atoms with van der Waals surface area (Å²) in [5.74, 6) is -0.514. The van der Waals surface area contributed by atoms with Crippen molar-refractivity contribution in [3.8, 4) is 11.5 Å². The van der Waals surface area contributed by atoms with Gasteiger partial charge < -0.3 is 14.6 Å². The number of carbonyl (C=O) groups is 1. The lowest BCUT2D eigenvalue weighted by Gasteiger charge is -2.14. The minimum Gasteiger partial charge on any atom is -0.507 e. The highest BCUT2D eigenvalue weighted by Gasteiger charge is 2.48. The molecule has 0 amide bonds. The Morgan fingerprint density at radius 2 is 1.79 bits per heavy atom. The molecule has 2 aromatic carbocycles. The summed E-state index contributed by atoms with van der Waals surface area (Å²) in [7, 11) is -3.99. The average molecular weight is 346 g/mol. The third-order valence-corrected chi connectivity index (χ3v) is 6.12. The van der Waals surface area contributed by atoms with Crippen LogP contribution < -0.4 is 4.74 Å². The van der Waals surface area contributed by atoms with E-state index in [9.17, 15) is 18.3 Å². The van der Waals surface area contributed by atoms with Gasteiger partial charge in [0.05, 0.1) is 16.9 Å². The number of aromatic hydroxyl groups is 1. The summed E-state index contributed by atoms with van der Waals surface area (Å²) >= 11 is 0. The summed E-state index contributed by atoms with van der Waals surface area (Å²) in [6.07, 6.45) is -1.31. The Kier molecular flexibility index (Phi) is 3.11. The van der Waals surface area contributed by atoms with Crippen molar-refractivity contribution in [1.29, 1.82) is 0 Å². The molecule has 0 saturated carbocycles. The van der Waals surface area contributed by atoms with Crippen LogP contribution in [-0.4, -0.2) is 25.6 Å². The standard InChI is InChI=1S/C17H14O6S/c1-9-2-4-10(5-3-9)24(20,21)17-11(18)6-7-12-15(17)16-13(22-12)8-14(19)23-16/h2-7,13,16,18H,8H2,1H3/t13-,16+/m1/s1. The lowest BCUT2D eigenvalue weighted by Crippen LogP contribution is -2.13. The summed E-state index contributed by atoms with van der Waals surface area (Å²) in [5.41, 5.74) is 1.14. The van der Waals surface area contributed by atoms with Crippen molar-refractivity contribution in [3.63, 3.8) is 0 Å². The first kappa shape index (κ1) is 15.0. The molecule has 2 aromatic rings. The molecule has 2 aliphatic heterocycles. The normalized spacial score (nSPS) is 21.8. The Balaban J connectivity index is 1.92.